The highest BCUT2D eigenvalue weighted by Crippen LogP contribution is 2.07. The van der Waals surface area contributed by atoms with Crippen molar-refractivity contribution in [2.45, 2.75) is 19.8 Å². The molecule has 19 heavy (non-hydrogen) atoms. The molecule has 0 spiro atoms. The summed E-state index contributed by atoms with van der Waals surface area (Å²) >= 11 is 0. The molecule has 0 atom stereocenters. The molecule has 0 aromatic rings. The normalized spacial score (nSPS) is 12.6. The molecule has 0 unspecified atom stereocenters. The summed E-state index contributed by atoms with van der Waals surface area (Å²) < 4.78 is 26.7. The highest BCUT2D eigenvalue weighted by Gasteiger charge is 2.28. The molecule has 0 saturated heterocycles. The molecule has 0 aliphatic carbocycles. The Morgan fingerprint density at radius 2 is 1.68 bits per heavy atom. The number of hydrogen-bond donors (Lipinski definition) is 1. The van der Waals surface area contributed by atoms with Crippen LogP contribution in [-0.2, 0) is 15.0 Å². The van der Waals surface area contributed by atoms with Gasteiger partial charge in [-0.15, -0.1) is 0 Å². The minimum atomic E-state index is -3.70. The Hall–Kier alpha value is -0.700. The average Bonchev–Trinajstić information content (AvgIpc) is 2.30. The Balaban J connectivity index is 4.83. The van der Waals surface area contributed by atoms with Crippen LogP contribution in [0.4, 0.5) is 0 Å². The standard InChI is InChI=1S/C11H25N3O4S/c1-5-6-7-13(4)19(17,18)14(10-11(15)16)9-8-12(2)3/h5-10H2,1-4H3,(H,15,16). The number of likely N-dealkylation sites (N-methyl/N-ethyl adjacent to an activating group) is 1. The first-order chi connectivity index (χ1) is 8.71. The van der Waals surface area contributed by atoms with Gasteiger partial charge in [-0.3, -0.25) is 4.79 Å². The third-order valence-electron chi connectivity index (χ3n) is 2.65. The molecule has 0 fully saturated rings. The third-order valence-corrected chi connectivity index (χ3v) is 4.59. The molecular formula is C11H25N3O4S. The molecule has 0 rings (SSSR count). The second-order valence-electron chi connectivity index (χ2n) is 4.71. The first kappa shape index (κ1) is 18.3. The number of hydrogen-bond acceptors (Lipinski definition) is 4. The lowest BCUT2D eigenvalue weighted by molar-refractivity contribution is -0.137. The number of rotatable bonds is 10. The van der Waals surface area contributed by atoms with Crippen molar-refractivity contribution in [2.75, 3.05) is 47.3 Å². The van der Waals surface area contributed by atoms with Gasteiger partial charge in [0.1, 0.15) is 6.54 Å². The Bertz CT molecular complexity index is 370. The van der Waals surface area contributed by atoms with Crippen LogP contribution >= 0.6 is 0 Å². The zero-order valence-corrected chi connectivity index (χ0v) is 13.0. The number of unbranched alkanes of at least 4 members (excludes halogenated alkanes) is 1. The van der Waals surface area contributed by atoms with Crippen molar-refractivity contribution in [3.8, 4) is 0 Å². The average molecular weight is 295 g/mol. The maximum atomic E-state index is 12.3. The zero-order chi connectivity index (χ0) is 15.1. The van der Waals surface area contributed by atoms with Gasteiger partial charge in [-0.25, -0.2) is 0 Å². The lowest BCUT2D eigenvalue weighted by atomic mass is 10.3. The number of aliphatic carboxylic acids is 1. The maximum absolute atomic E-state index is 12.3. The van der Waals surface area contributed by atoms with Crippen molar-refractivity contribution in [3.63, 3.8) is 0 Å². The number of nitrogens with zero attached hydrogens (tertiary/aromatic N) is 3. The molecule has 0 aliphatic rings. The van der Waals surface area contributed by atoms with Crippen LogP contribution in [0.2, 0.25) is 0 Å². The lowest BCUT2D eigenvalue weighted by Crippen LogP contribution is -2.46. The van der Waals surface area contributed by atoms with Crippen LogP contribution < -0.4 is 0 Å². The Kier molecular flexibility index (Phi) is 8.15. The van der Waals surface area contributed by atoms with Gasteiger partial charge in [-0.05, 0) is 20.5 Å². The van der Waals surface area contributed by atoms with Crippen LogP contribution in [0, 0.1) is 0 Å². The van der Waals surface area contributed by atoms with E-state index in [2.05, 4.69) is 0 Å². The Labute approximate surface area is 116 Å². The molecule has 0 aliphatic heterocycles. The predicted octanol–water partition coefficient (Wildman–Crippen LogP) is -0.0887. The summed E-state index contributed by atoms with van der Waals surface area (Å²) in [5, 5.41) is 8.83. The van der Waals surface area contributed by atoms with Gasteiger partial charge < -0.3 is 10.0 Å². The second-order valence-corrected chi connectivity index (χ2v) is 6.75. The number of carboxylic acids is 1. The van der Waals surface area contributed by atoms with E-state index in [0.29, 0.717) is 13.1 Å². The van der Waals surface area contributed by atoms with Gasteiger partial charge in [0, 0.05) is 26.7 Å². The highest BCUT2D eigenvalue weighted by molar-refractivity contribution is 7.86. The van der Waals surface area contributed by atoms with Gasteiger partial charge >= 0.3 is 5.97 Å². The van der Waals surface area contributed by atoms with Gasteiger partial charge in [-0.2, -0.15) is 17.0 Å². The summed E-state index contributed by atoms with van der Waals surface area (Å²) in [5.74, 6) is -1.15. The van der Waals surface area contributed by atoms with E-state index in [-0.39, 0.29) is 6.54 Å². The third kappa shape index (κ3) is 6.86. The predicted molar refractivity (Wildman–Crippen MR) is 74.2 cm³/mol. The fourth-order valence-electron chi connectivity index (χ4n) is 1.43. The fraction of sp³-hybridized carbons (Fsp3) is 0.909. The minimum absolute atomic E-state index is 0.165. The summed E-state index contributed by atoms with van der Waals surface area (Å²) in [5.41, 5.74) is 0. The highest BCUT2D eigenvalue weighted by atomic mass is 32.2. The molecule has 114 valence electrons. The van der Waals surface area contributed by atoms with E-state index in [1.807, 2.05) is 25.9 Å². The van der Waals surface area contributed by atoms with E-state index in [4.69, 9.17) is 5.11 Å². The summed E-state index contributed by atoms with van der Waals surface area (Å²) in [4.78, 5) is 12.6. The van der Waals surface area contributed by atoms with Crippen LogP contribution in [-0.4, -0.2) is 80.3 Å². The van der Waals surface area contributed by atoms with E-state index < -0.39 is 22.7 Å². The quantitative estimate of drug-likeness (QED) is 0.609. The summed E-state index contributed by atoms with van der Waals surface area (Å²) in [6.45, 7) is 2.51. The lowest BCUT2D eigenvalue weighted by Gasteiger charge is -2.27. The van der Waals surface area contributed by atoms with Gasteiger partial charge in [-0.1, -0.05) is 13.3 Å². The van der Waals surface area contributed by atoms with Gasteiger partial charge in [0.2, 0.25) is 0 Å². The van der Waals surface area contributed by atoms with Crippen molar-refractivity contribution in [1.82, 2.24) is 13.5 Å². The maximum Gasteiger partial charge on any atom is 0.318 e. The van der Waals surface area contributed by atoms with E-state index in [1.165, 1.54) is 11.4 Å². The van der Waals surface area contributed by atoms with E-state index >= 15 is 0 Å². The number of carboxylic acid groups (broad SMARTS) is 1. The second kappa shape index (κ2) is 8.47. The first-order valence-electron chi connectivity index (χ1n) is 6.29. The minimum Gasteiger partial charge on any atom is -0.480 e. The number of carbonyl (C=O) groups is 1. The molecule has 0 amide bonds. The molecular weight excluding hydrogens is 270 g/mol. The molecule has 0 radical (unpaired) electrons. The van der Waals surface area contributed by atoms with Crippen LogP contribution in [0.3, 0.4) is 0 Å². The zero-order valence-electron chi connectivity index (χ0n) is 12.2. The van der Waals surface area contributed by atoms with E-state index in [1.54, 1.807) is 0 Å². The van der Waals surface area contributed by atoms with Crippen molar-refractivity contribution in [3.05, 3.63) is 0 Å². The van der Waals surface area contributed by atoms with Gasteiger partial charge in [0.25, 0.3) is 10.2 Å². The van der Waals surface area contributed by atoms with Crippen LogP contribution in [0.1, 0.15) is 19.8 Å². The smallest absolute Gasteiger partial charge is 0.318 e. The van der Waals surface area contributed by atoms with Gasteiger partial charge in [0.15, 0.2) is 0 Å². The molecule has 7 nitrogen and oxygen atoms in total. The van der Waals surface area contributed by atoms with Crippen LogP contribution in [0.5, 0.6) is 0 Å². The Morgan fingerprint density at radius 1 is 1.11 bits per heavy atom. The SMILES string of the molecule is CCCCN(C)S(=O)(=O)N(CCN(C)C)CC(=O)O. The first-order valence-corrected chi connectivity index (χ1v) is 7.69. The fourth-order valence-corrected chi connectivity index (χ4v) is 2.77. The van der Waals surface area contributed by atoms with Crippen LogP contribution in [0.15, 0.2) is 0 Å². The van der Waals surface area contributed by atoms with Crippen LogP contribution in [0.25, 0.3) is 0 Å². The monoisotopic (exact) mass is 295 g/mol. The van der Waals surface area contributed by atoms with E-state index in [0.717, 1.165) is 17.1 Å². The van der Waals surface area contributed by atoms with E-state index in [9.17, 15) is 13.2 Å². The molecule has 1 N–H and O–H groups in total. The molecule has 0 bridgehead atoms. The topological polar surface area (TPSA) is 81.2 Å². The van der Waals surface area contributed by atoms with Gasteiger partial charge in [0.05, 0.1) is 0 Å². The molecule has 0 aromatic heterocycles. The molecule has 0 heterocycles. The van der Waals surface area contributed by atoms with Crippen molar-refractivity contribution < 1.29 is 18.3 Å². The largest absolute Gasteiger partial charge is 0.480 e. The summed E-state index contributed by atoms with van der Waals surface area (Å²) in [7, 11) is 1.40. The molecule has 0 aromatic carbocycles. The Morgan fingerprint density at radius 3 is 2.11 bits per heavy atom. The van der Waals surface area contributed by atoms with Crippen molar-refractivity contribution in [2.24, 2.45) is 0 Å². The summed E-state index contributed by atoms with van der Waals surface area (Å²) in [6.07, 6.45) is 1.64. The van der Waals surface area contributed by atoms with Crippen molar-refractivity contribution in [1.29, 1.82) is 0 Å². The van der Waals surface area contributed by atoms with Crippen molar-refractivity contribution >= 4 is 16.2 Å². The summed E-state index contributed by atoms with van der Waals surface area (Å²) in [6, 6.07) is 0. The molecule has 0 saturated carbocycles. The molecule has 8 heteroatoms.